The Morgan fingerprint density at radius 2 is 1.88 bits per heavy atom. The van der Waals surface area contributed by atoms with Crippen molar-refractivity contribution in [1.29, 1.82) is 0 Å². The maximum Gasteiger partial charge on any atom is 0.252 e. The van der Waals surface area contributed by atoms with Crippen LogP contribution >= 0.6 is 0 Å². The lowest BCUT2D eigenvalue weighted by Crippen LogP contribution is -2.39. The normalized spacial score (nSPS) is 14.4. The molecular formula is C27H30N6O. The highest BCUT2D eigenvalue weighted by molar-refractivity contribution is 6.06. The maximum atomic E-state index is 13.5. The molecule has 1 unspecified atom stereocenters. The zero-order chi connectivity index (χ0) is 23.7. The molecule has 1 fully saturated rings. The van der Waals surface area contributed by atoms with Crippen LogP contribution in [-0.4, -0.2) is 38.2 Å². The first-order chi connectivity index (χ1) is 16.5. The molecule has 1 amide bonds. The van der Waals surface area contributed by atoms with Gasteiger partial charge in [0.15, 0.2) is 11.5 Å². The van der Waals surface area contributed by atoms with Gasteiger partial charge in [0.1, 0.15) is 0 Å². The first kappa shape index (κ1) is 22.1. The topological polar surface area (TPSA) is 84.7 Å². The fourth-order valence-corrected chi connectivity index (χ4v) is 4.21. The van der Waals surface area contributed by atoms with Gasteiger partial charge in [-0.1, -0.05) is 38.1 Å². The number of aryl methyl sites for hydroxylation is 1. The molecular weight excluding hydrogens is 424 g/mol. The van der Waals surface area contributed by atoms with Gasteiger partial charge in [-0.25, -0.2) is 9.97 Å². The number of carbonyl (C=O) groups excluding carboxylic acids is 1. The van der Waals surface area contributed by atoms with Crippen LogP contribution in [0.5, 0.6) is 0 Å². The van der Waals surface area contributed by atoms with Crippen molar-refractivity contribution in [3.05, 3.63) is 77.7 Å². The second-order valence-corrected chi connectivity index (χ2v) is 9.32. The zero-order valence-corrected chi connectivity index (χ0v) is 19.8. The molecule has 0 radical (unpaired) electrons. The van der Waals surface area contributed by atoms with Gasteiger partial charge in [0.25, 0.3) is 5.91 Å². The molecule has 1 aliphatic carbocycles. The van der Waals surface area contributed by atoms with E-state index in [1.54, 1.807) is 10.9 Å². The minimum absolute atomic E-state index is 0.0986. The van der Waals surface area contributed by atoms with Gasteiger partial charge in [-0.3, -0.25) is 4.79 Å². The minimum atomic E-state index is -0.0986. The van der Waals surface area contributed by atoms with E-state index in [4.69, 9.17) is 10.1 Å². The van der Waals surface area contributed by atoms with E-state index < -0.39 is 0 Å². The fraction of sp³-hybridized carbons (Fsp3) is 0.333. The molecule has 0 bridgehead atoms. The smallest absolute Gasteiger partial charge is 0.252 e. The van der Waals surface area contributed by atoms with E-state index in [1.807, 2.05) is 61.5 Å². The lowest BCUT2D eigenvalue weighted by Gasteiger charge is -2.24. The number of carbonyl (C=O) groups is 1. The van der Waals surface area contributed by atoms with Crippen LogP contribution in [0.2, 0.25) is 0 Å². The van der Waals surface area contributed by atoms with Gasteiger partial charge in [0.05, 0.1) is 16.6 Å². The molecule has 5 rings (SSSR count). The molecule has 1 saturated carbocycles. The summed E-state index contributed by atoms with van der Waals surface area (Å²) in [6.07, 6.45) is 3.95. The van der Waals surface area contributed by atoms with Crippen molar-refractivity contribution >= 4 is 22.6 Å². The second kappa shape index (κ2) is 9.25. The number of para-hydroxylation sites is 1. The summed E-state index contributed by atoms with van der Waals surface area (Å²) >= 11 is 0. The molecule has 4 aromatic rings. The van der Waals surface area contributed by atoms with E-state index in [2.05, 4.69) is 29.5 Å². The monoisotopic (exact) mass is 454 g/mol. The molecule has 3 aromatic heterocycles. The van der Waals surface area contributed by atoms with E-state index in [-0.39, 0.29) is 11.9 Å². The Hall–Kier alpha value is -3.74. The number of hydrogen-bond donors (Lipinski definition) is 2. The van der Waals surface area contributed by atoms with E-state index in [9.17, 15) is 4.79 Å². The van der Waals surface area contributed by atoms with Crippen LogP contribution in [-0.2, 0) is 0 Å². The quantitative estimate of drug-likeness (QED) is 0.397. The van der Waals surface area contributed by atoms with Crippen LogP contribution in [0.4, 0.5) is 5.69 Å². The van der Waals surface area contributed by atoms with E-state index in [0.29, 0.717) is 35.4 Å². The number of benzene rings is 1. The summed E-state index contributed by atoms with van der Waals surface area (Å²) in [5.74, 6) is 1.35. The number of nitrogens with one attached hydrogen (secondary N) is 2. The third-order valence-corrected chi connectivity index (χ3v) is 6.35. The zero-order valence-electron chi connectivity index (χ0n) is 19.8. The van der Waals surface area contributed by atoms with Crippen molar-refractivity contribution in [3.63, 3.8) is 0 Å². The summed E-state index contributed by atoms with van der Waals surface area (Å²) in [6.45, 7) is 6.75. The lowest BCUT2D eigenvalue weighted by molar-refractivity contribution is 0.0951. The molecule has 1 atom stereocenters. The predicted octanol–water partition coefficient (Wildman–Crippen LogP) is 4.87. The summed E-state index contributed by atoms with van der Waals surface area (Å²) in [6, 6.07) is 17.9. The number of aromatic nitrogens is 4. The second-order valence-electron chi connectivity index (χ2n) is 9.32. The number of nitrogens with zero attached hydrogens (tertiary/aromatic N) is 4. The van der Waals surface area contributed by atoms with Crippen molar-refractivity contribution in [2.24, 2.45) is 5.92 Å². The number of fused-ring (bicyclic) bond motifs is 1. The average Bonchev–Trinajstić information content (AvgIpc) is 3.65. The van der Waals surface area contributed by atoms with Crippen LogP contribution in [0.3, 0.4) is 0 Å². The summed E-state index contributed by atoms with van der Waals surface area (Å²) in [4.78, 5) is 22.9. The average molecular weight is 455 g/mol. The predicted molar refractivity (Wildman–Crippen MR) is 134 cm³/mol. The van der Waals surface area contributed by atoms with Crippen molar-refractivity contribution in [3.8, 4) is 5.82 Å². The van der Waals surface area contributed by atoms with Gasteiger partial charge in [0.2, 0.25) is 0 Å². The van der Waals surface area contributed by atoms with E-state index in [1.165, 1.54) is 0 Å². The SMILES string of the molecule is Cc1nn(-c2ccccn2)c2nc(C3CC3)cc(C(=O)NCC(Nc3ccccc3)C(C)C)c12. The Kier molecular flexibility index (Phi) is 6.01. The first-order valence-electron chi connectivity index (χ1n) is 11.9. The summed E-state index contributed by atoms with van der Waals surface area (Å²) in [5.41, 5.74) is 4.09. The van der Waals surface area contributed by atoms with Crippen LogP contribution in [0.1, 0.15) is 54.4 Å². The summed E-state index contributed by atoms with van der Waals surface area (Å²) < 4.78 is 1.75. The highest BCUT2D eigenvalue weighted by Gasteiger charge is 2.29. The number of hydrogen-bond acceptors (Lipinski definition) is 5. The van der Waals surface area contributed by atoms with E-state index >= 15 is 0 Å². The molecule has 1 aliphatic rings. The highest BCUT2D eigenvalue weighted by Crippen LogP contribution is 2.40. The number of amides is 1. The molecule has 3 heterocycles. The number of anilines is 1. The molecule has 174 valence electrons. The molecule has 7 nitrogen and oxygen atoms in total. The van der Waals surface area contributed by atoms with Crippen molar-refractivity contribution in [2.45, 2.75) is 45.6 Å². The van der Waals surface area contributed by atoms with Gasteiger partial charge in [-0.15, -0.1) is 0 Å². The van der Waals surface area contributed by atoms with Crippen molar-refractivity contribution in [2.75, 3.05) is 11.9 Å². The molecule has 1 aromatic carbocycles. The highest BCUT2D eigenvalue weighted by atomic mass is 16.1. The van der Waals surface area contributed by atoms with Gasteiger partial charge in [0, 0.05) is 36.1 Å². The van der Waals surface area contributed by atoms with Crippen LogP contribution in [0.15, 0.2) is 60.8 Å². The van der Waals surface area contributed by atoms with Crippen LogP contribution in [0, 0.1) is 12.8 Å². The van der Waals surface area contributed by atoms with Gasteiger partial charge < -0.3 is 10.6 Å². The first-order valence-corrected chi connectivity index (χ1v) is 11.9. The summed E-state index contributed by atoms with van der Waals surface area (Å²) in [7, 11) is 0. The largest absolute Gasteiger partial charge is 0.380 e. The Morgan fingerprint density at radius 1 is 1.12 bits per heavy atom. The molecule has 0 saturated heterocycles. The third-order valence-electron chi connectivity index (χ3n) is 6.35. The van der Waals surface area contributed by atoms with Crippen LogP contribution < -0.4 is 10.6 Å². The maximum absolute atomic E-state index is 13.5. The molecule has 2 N–H and O–H groups in total. The Labute approximate surface area is 199 Å². The summed E-state index contributed by atoms with van der Waals surface area (Å²) in [5, 5.41) is 12.2. The fourth-order valence-electron chi connectivity index (χ4n) is 4.21. The number of rotatable bonds is 8. The minimum Gasteiger partial charge on any atom is -0.380 e. The van der Waals surface area contributed by atoms with Crippen molar-refractivity contribution < 1.29 is 4.79 Å². The molecule has 0 aliphatic heterocycles. The Morgan fingerprint density at radius 3 is 2.56 bits per heavy atom. The molecule has 34 heavy (non-hydrogen) atoms. The molecule has 0 spiro atoms. The Balaban J connectivity index is 1.46. The van der Waals surface area contributed by atoms with Crippen LogP contribution in [0.25, 0.3) is 16.9 Å². The van der Waals surface area contributed by atoms with Gasteiger partial charge in [-0.2, -0.15) is 9.78 Å². The third kappa shape index (κ3) is 4.51. The van der Waals surface area contributed by atoms with Gasteiger partial charge >= 0.3 is 0 Å². The van der Waals surface area contributed by atoms with Gasteiger partial charge in [-0.05, 0) is 56.0 Å². The van der Waals surface area contributed by atoms with Crippen molar-refractivity contribution in [1.82, 2.24) is 25.1 Å². The van der Waals surface area contributed by atoms with E-state index in [0.717, 1.165) is 35.3 Å². The molecule has 7 heteroatoms. The number of pyridine rings is 2. The lowest BCUT2D eigenvalue weighted by atomic mass is 10.0. The Bertz CT molecular complexity index is 1300. The standard InChI is InChI=1S/C27H30N6O/c1-17(2)23(30-20-9-5-4-6-10-20)16-29-27(34)21-15-22(19-12-13-19)31-26-25(21)18(3)32-33(26)24-11-7-8-14-28-24/h4-11,14-15,17,19,23,30H,12-13,16H2,1-3H3,(H,29,34).